The lowest BCUT2D eigenvalue weighted by atomic mass is 10.1. The molecule has 0 atom stereocenters. The van der Waals surface area contributed by atoms with E-state index in [1.165, 1.54) is 6.92 Å². The largest absolute Gasteiger partial charge is 0.461 e. The van der Waals surface area contributed by atoms with Gasteiger partial charge in [0.2, 0.25) is 0 Å². The summed E-state index contributed by atoms with van der Waals surface area (Å²) in [4.78, 5) is 24.6. The fourth-order valence-electron chi connectivity index (χ4n) is 2.34. The number of imidazole rings is 1. The molecule has 0 aliphatic rings. The molecule has 0 saturated carbocycles. The number of nitrogens with zero attached hydrogens (tertiary/aromatic N) is 4. The zero-order valence-electron chi connectivity index (χ0n) is 13.4. The molecule has 0 aliphatic heterocycles. The number of nitrogens with two attached hydrogens (primary N) is 1. The van der Waals surface area contributed by atoms with Crippen LogP contribution in [0, 0.1) is 0 Å². The first-order valence-electron chi connectivity index (χ1n) is 7.34. The van der Waals surface area contributed by atoms with Gasteiger partial charge in [-0.15, -0.1) is 0 Å². The Kier molecular flexibility index (Phi) is 4.39. The van der Waals surface area contributed by atoms with Gasteiger partial charge in [0, 0.05) is 12.7 Å². The summed E-state index contributed by atoms with van der Waals surface area (Å²) in [5, 5.41) is 0. The molecule has 0 aliphatic carbocycles. The highest BCUT2D eigenvalue weighted by Crippen LogP contribution is 2.24. The van der Waals surface area contributed by atoms with Gasteiger partial charge in [0.05, 0.1) is 12.3 Å². The van der Waals surface area contributed by atoms with Crippen molar-refractivity contribution in [1.82, 2.24) is 19.5 Å². The Hall–Kier alpha value is -3.00. The second-order valence-electron chi connectivity index (χ2n) is 5.09. The third-order valence-corrected chi connectivity index (χ3v) is 3.46. The Labute approximate surface area is 138 Å². The number of methoxy groups -OCH3 is 1. The maximum atomic E-state index is 11.9. The molecule has 8 nitrogen and oxygen atoms in total. The van der Waals surface area contributed by atoms with Crippen molar-refractivity contribution in [3.63, 3.8) is 0 Å². The third-order valence-electron chi connectivity index (χ3n) is 3.46. The number of anilines is 1. The monoisotopic (exact) mass is 327 g/mol. The molecule has 3 aromatic rings. The number of carbonyl (C=O) groups is 1. The van der Waals surface area contributed by atoms with Gasteiger partial charge in [0.1, 0.15) is 12.9 Å². The van der Waals surface area contributed by atoms with Crippen LogP contribution in [0.1, 0.15) is 17.3 Å². The van der Waals surface area contributed by atoms with Crippen LogP contribution in [0.15, 0.2) is 30.6 Å². The molecule has 2 aromatic heterocycles. The minimum Gasteiger partial charge on any atom is -0.461 e. The number of carbonyl (C=O) groups excluding carboxylic acids is 1. The molecular formula is C16H17N5O3. The van der Waals surface area contributed by atoms with Crippen LogP contribution in [0.5, 0.6) is 6.01 Å². The highest BCUT2D eigenvalue weighted by atomic mass is 16.5. The van der Waals surface area contributed by atoms with Gasteiger partial charge in [-0.3, -0.25) is 9.36 Å². The Balaban J connectivity index is 2.11. The van der Waals surface area contributed by atoms with Crippen LogP contribution < -0.4 is 10.5 Å². The summed E-state index contributed by atoms with van der Waals surface area (Å²) in [5.41, 5.74) is 8.11. The quantitative estimate of drug-likeness (QED) is 0.542. The number of hydrogen-bond donors (Lipinski definition) is 1. The fourth-order valence-corrected chi connectivity index (χ4v) is 2.34. The van der Waals surface area contributed by atoms with Gasteiger partial charge >= 0.3 is 6.01 Å². The number of aromatic nitrogens is 4. The van der Waals surface area contributed by atoms with Crippen molar-refractivity contribution >= 4 is 22.8 Å². The zero-order chi connectivity index (χ0) is 17.1. The molecule has 0 bridgehead atoms. The maximum Gasteiger partial charge on any atom is 0.320 e. The van der Waals surface area contributed by atoms with Crippen molar-refractivity contribution in [2.45, 2.75) is 6.92 Å². The van der Waals surface area contributed by atoms with Crippen molar-refractivity contribution in [1.29, 1.82) is 0 Å². The number of hydrogen-bond acceptors (Lipinski definition) is 7. The summed E-state index contributed by atoms with van der Waals surface area (Å²) in [7, 11) is 1.58. The first-order valence-corrected chi connectivity index (χ1v) is 7.34. The molecule has 0 saturated heterocycles. The van der Waals surface area contributed by atoms with E-state index in [1.54, 1.807) is 24.1 Å². The molecule has 0 amide bonds. The number of fused-ring (bicyclic) bond motifs is 1. The van der Waals surface area contributed by atoms with Crippen LogP contribution in [0.25, 0.3) is 16.9 Å². The van der Waals surface area contributed by atoms with Crippen molar-refractivity contribution in [3.05, 3.63) is 36.2 Å². The molecule has 2 N–H and O–H groups in total. The standard InChI is InChI=1S/C16H17N5O3/c1-10(22)11-5-3-4-6-12(11)21-9-18-13-14(17)19-16(20-15(13)21)24-8-7-23-2/h3-6,9H,7-8H2,1-2H3,(H2,17,19,20). The lowest BCUT2D eigenvalue weighted by Crippen LogP contribution is -2.09. The van der Waals surface area contributed by atoms with Crippen LogP contribution in [0.3, 0.4) is 0 Å². The van der Waals surface area contributed by atoms with Crippen LogP contribution in [0.2, 0.25) is 0 Å². The number of ketones is 1. The normalized spacial score (nSPS) is 10.9. The molecule has 1 aromatic carbocycles. The Bertz CT molecular complexity index is 891. The van der Waals surface area contributed by atoms with E-state index >= 15 is 0 Å². The van der Waals surface area contributed by atoms with Gasteiger partial charge in [-0.25, -0.2) is 4.98 Å². The van der Waals surface area contributed by atoms with E-state index < -0.39 is 0 Å². The van der Waals surface area contributed by atoms with E-state index in [9.17, 15) is 4.79 Å². The smallest absolute Gasteiger partial charge is 0.320 e. The number of ether oxygens (including phenoxy) is 2. The molecule has 0 spiro atoms. The first-order chi connectivity index (χ1) is 11.6. The SMILES string of the molecule is COCCOc1nc(N)c2ncn(-c3ccccc3C(C)=O)c2n1. The molecule has 8 heteroatoms. The molecule has 2 heterocycles. The Morgan fingerprint density at radius 1 is 1.25 bits per heavy atom. The maximum absolute atomic E-state index is 11.9. The van der Waals surface area contributed by atoms with Crippen LogP contribution in [-0.4, -0.2) is 45.6 Å². The molecule has 0 unspecified atom stereocenters. The number of Topliss-reactive ketones (excluding diaryl/α,β-unsaturated/α-hetero) is 1. The van der Waals surface area contributed by atoms with Gasteiger partial charge in [-0.05, 0) is 19.1 Å². The van der Waals surface area contributed by atoms with Crippen molar-refractivity contribution in [2.75, 3.05) is 26.1 Å². The van der Waals surface area contributed by atoms with Crippen molar-refractivity contribution in [3.8, 4) is 11.7 Å². The molecule has 124 valence electrons. The van der Waals surface area contributed by atoms with Crippen molar-refractivity contribution < 1.29 is 14.3 Å². The molecular weight excluding hydrogens is 310 g/mol. The van der Waals surface area contributed by atoms with Crippen molar-refractivity contribution in [2.24, 2.45) is 0 Å². The average molecular weight is 327 g/mol. The first kappa shape index (κ1) is 15.9. The minimum atomic E-state index is -0.0500. The van der Waals surface area contributed by atoms with Gasteiger partial charge < -0.3 is 15.2 Å². The number of benzene rings is 1. The van der Waals surface area contributed by atoms with Gasteiger partial charge in [0.15, 0.2) is 22.8 Å². The van der Waals surface area contributed by atoms with Gasteiger partial charge in [-0.1, -0.05) is 12.1 Å². The second-order valence-corrected chi connectivity index (χ2v) is 5.09. The average Bonchev–Trinajstić information content (AvgIpc) is 2.99. The summed E-state index contributed by atoms with van der Waals surface area (Å²) in [6.07, 6.45) is 1.57. The lowest BCUT2D eigenvalue weighted by Gasteiger charge is -2.09. The molecule has 3 rings (SSSR count). The lowest BCUT2D eigenvalue weighted by molar-refractivity contribution is 0.101. The summed E-state index contributed by atoms with van der Waals surface area (Å²) in [5.74, 6) is 0.164. The van der Waals surface area contributed by atoms with E-state index in [2.05, 4.69) is 15.0 Å². The van der Waals surface area contributed by atoms with E-state index in [4.69, 9.17) is 15.2 Å². The highest BCUT2D eigenvalue weighted by molar-refractivity contribution is 5.98. The molecule has 0 radical (unpaired) electrons. The minimum absolute atomic E-state index is 0.0500. The number of rotatable bonds is 6. The Morgan fingerprint density at radius 2 is 2.04 bits per heavy atom. The van der Waals surface area contributed by atoms with Gasteiger partial charge in [-0.2, -0.15) is 9.97 Å². The third kappa shape index (κ3) is 2.91. The van der Waals surface area contributed by atoms with E-state index in [0.29, 0.717) is 35.6 Å². The fraction of sp³-hybridized carbons (Fsp3) is 0.250. The van der Waals surface area contributed by atoms with Gasteiger partial charge in [0.25, 0.3) is 0 Å². The second kappa shape index (κ2) is 6.63. The predicted molar refractivity (Wildman–Crippen MR) is 88.4 cm³/mol. The Morgan fingerprint density at radius 3 is 2.79 bits per heavy atom. The number of nitrogen functional groups attached to an aromatic ring is 1. The van der Waals surface area contributed by atoms with Crippen LogP contribution >= 0.6 is 0 Å². The summed E-state index contributed by atoms with van der Waals surface area (Å²) < 4.78 is 12.1. The zero-order valence-corrected chi connectivity index (χ0v) is 13.4. The van der Waals surface area contributed by atoms with E-state index in [0.717, 1.165) is 0 Å². The summed E-state index contributed by atoms with van der Waals surface area (Å²) in [6.45, 7) is 2.23. The van der Waals surface area contributed by atoms with Crippen LogP contribution in [-0.2, 0) is 4.74 Å². The summed E-state index contributed by atoms with van der Waals surface area (Å²) in [6, 6.07) is 7.36. The van der Waals surface area contributed by atoms with E-state index in [1.807, 2.05) is 18.2 Å². The van der Waals surface area contributed by atoms with E-state index in [-0.39, 0.29) is 17.6 Å². The molecule has 24 heavy (non-hydrogen) atoms. The number of para-hydroxylation sites is 1. The highest BCUT2D eigenvalue weighted by Gasteiger charge is 2.16. The topological polar surface area (TPSA) is 105 Å². The molecule has 0 fully saturated rings. The predicted octanol–water partition coefficient (Wildman–Crippen LogP) is 1.63. The van der Waals surface area contributed by atoms with Crippen LogP contribution in [0.4, 0.5) is 5.82 Å². The summed E-state index contributed by atoms with van der Waals surface area (Å²) >= 11 is 0.